The van der Waals surface area contributed by atoms with Crippen LogP contribution in [0.4, 0.5) is 13.2 Å². The molecule has 0 aliphatic carbocycles. The van der Waals surface area contributed by atoms with Gasteiger partial charge in [0.25, 0.3) is 5.76 Å². The van der Waals surface area contributed by atoms with Crippen LogP contribution in [0.25, 0.3) is 6.08 Å². The van der Waals surface area contributed by atoms with Crippen molar-refractivity contribution in [2.24, 2.45) is 0 Å². The molecular formula is C18H15F3O3S. The summed E-state index contributed by atoms with van der Waals surface area (Å²) in [7, 11) is 2.70. The lowest BCUT2D eigenvalue weighted by atomic mass is 10.1. The van der Waals surface area contributed by atoms with Crippen molar-refractivity contribution in [3.63, 3.8) is 0 Å². The SMILES string of the molecule is COc1ccc(/C=C/C(=O)c2ccc(SC(F)F)c(OC)c2)cc1F. The van der Waals surface area contributed by atoms with Crippen LogP contribution in [-0.2, 0) is 0 Å². The number of allylic oxidation sites excluding steroid dienone is 1. The second-order valence-corrected chi connectivity index (χ2v) is 5.87. The molecular weight excluding hydrogens is 353 g/mol. The van der Waals surface area contributed by atoms with Gasteiger partial charge in [0, 0.05) is 5.56 Å². The minimum atomic E-state index is -2.58. The highest BCUT2D eigenvalue weighted by Crippen LogP contribution is 2.34. The fraction of sp³-hybridized carbons (Fsp3) is 0.167. The van der Waals surface area contributed by atoms with Crippen molar-refractivity contribution in [3.8, 4) is 11.5 Å². The Balaban J connectivity index is 2.18. The van der Waals surface area contributed by atoms with Gasteiger partial charge in [-0.25, -0.2) is 4.39 Å². The molecule has 0 aromatic heterocycles. The van der Waals surface area contributed by atoms with Crippen molar-refractivity contribution in [2.75, 3.05) is 14.2 Å². The van der Waals surface area contributed by atoms with Gasteiger partial charge in [0.05, 0.1) is 19.1 Å². The van der Waals surface area contributed by atoms with Crippen molar-refractivity contribution in [2.45, 2.75) is 10.7 Å². The van der Waals surface area contributed by atoms with Crippen LogP contribution in [0.1, 0.15) is 15.9 Å². The maximum Gasteiger partial charge on any atom is 0.289 e. The van der Waals surface area contributed by atoms with E-state index in [1.54, 1.807) is 6.07 Å². The first-order valence-corrected chi connectivity index (χ1v) is 8.01. The van der Waals surface area contributed by atoms with Crippen LogP contribution in [0.15, 0.2) is 47.4 Å². The van der Waals surface area contributed by atoms with Crippen molar-refractivity contribution >= 4 is 23.6 Å². The maximum absolute atomic E-state index is 13.6. The molecule has 132 valence electrons. The van der Waals surface area contributed by atoms with Gasteiger partial charge in [-0.15, -0.1) is 0 Å². The van der Waals surface area contributed by atoms with E-state index in [1.165, 1.54) is 56.7 Å². The lowest BCUT2D eigenvalue weighted by molar-refractivity contribution is 0.104. The summed E-state index contributed by atoms with van der Waals surface area (Å²) in [5.41, 5.74) is 0.768. The van der Waals surface area contributed by atoms with Gasteiger partial charge in [-0.3, -0.25) is 4.79 Å². The van der Waals surface area contributed by atoms with Crippen LogP contribution in [0.2, 0.25) is 0 Å². The molecule has 0 bridgehead atoms. The number of methoxy groups -OCH3 is 2. The van der Waals surface area contributed by atoms with Crippen molar-refractivity contribution in [1.29, 1.82) is 0 Å². The zero-order chi connectivity index (χ0) is 18.4. The summed E-state index contributed by atoms with van der Waals surface area (Å²) in [6, 6.07) is 8.55. The van der Waals surface area contributed by atoms with Crippen molar-refractivity contribution in [3.05, 3.63) is 59.4 Å². The Labute approximate surface area is 147 Å². The van der Waals surface area contributed by atoms with Crippen LogP contribution in [0.5, 0.6) is 11.5 Å². The van der Waals surface area contributed by atoms with E-state index in [2.05, 4.69) is 0 Å². The van der Waals surface area contributed by atoms with Gasteiger partial charge in [-0.05, 0) is 42.0 Å². The van der Waals surface area contributed by atoms with Gasteiger partial charge < -0.3 is 9.47 Å². The number of carbonyl (C=O) groups is 1. The monoisotopic (exact) mass is 368 g/mol. The third kappa shape index (κ3) is 5.03. The average Bonchev–Trinajstić information content (AvgIpc) is 2.59. The Morgan fingerprint density at radius 3 is 2.40 bits per heavy atom. The third-order valence-electron chi connectivity index (χ3n) is 3.27. The lowest BCUT2D eigenvalue weighted by Gasteiger charge is -2.08. The summed E-state index contributed by atoms with van der Waals surface area (Å²) in [5.74, 6) is -3.17. The molecule has 25 heavy (non-hydrogen) atoms. The molecule has 0 saturated heterocycles. The minimum Gasteiger partial charge on any atom is -0.496 e. The number of thioether (sulfide) groups is 1. The molecule has 0 radical (unpaired) electrons. The number of rotatable bonds is 7. The van der Waals surface area contributed by atoms with Gasteiger partial charge in [0.1, 0.15) is 5.75 Å². The molecule has 0 fully saturated rings. The van der Waals surface area contributed by atoms with Gasteiger partial charge in [-0.2, -0.15) is 8.78 Å². The van der Waals surface area contributed by atoms with E-state index in [1.807, 2.05) is 0 Å². The number of hydrogen-bond donors (Lipinski definition) is 0. The highest BCUT2D eigenvalue weighted by atomic mass is 32.2. The first-order chi connectivity index (χ1) is 11.9. The Morgan fingerprint density at radius 2 is 1.80 bits per heavy atom. The van der Waals surface area contributed by atoms with Crippen molar-refractivity contribution in [1.82, 2.24) is 0 Å². The van der Waals surface area contributed by atoms with Gasteiger partial charge in [0.2, 0.25) is 0 Å². The number of ether oxygens (including phenoxy) is 2. The molecule has 0 atom stereocenters. The Bertz CT molecular complexity index is 791. The van der Waals surface area contributed by atoms with E-state index in [9.17, 15) is 18.0 Å². The van der Waals surface area contributed by atoms with Crippen LogP contribution in [0, 0.1) is 5.82 Å². The summed E-state index contributed by atoms with van der Waals surface area (Å²) in [6.45, 7) is 0. The number of alkyl halides is 2. The Hall–Kier alpha value is -2.41. The minimum absolute atomic E-state index is 0.111. The van der Waals surface area contributed by atoms with E-state index in [-0.39, 0.29) is 27.7 Å². The second kappa shape index (κ2) is 8.62. The molecule has 0 spiro atoms. The second-order valence-electron chi connectivity index (χ2n) is 4.84. The van der Waals surface area contributed by atoms with Gasteiger partial charge >= 0.3 is 0 Å². The fourth-order valence-electron chi connectivity index (χ4n) is 2.07. The molecule has 0 saturated carbocycles. The zero-order valence-corrected chi connectivity index (χ0v) is 14.3. The smallest absolute Gasteiger partial charge is 0.289 e. The fourth-order valence-corrected chi connectivity index (χ4v) is 2.67. The van der Waals surface area contributed by atoms with Crippen molar-refractivity contribution < 1.29 is 27.4 Å². The van der Waals surface area contributed by atoms with E-state index in [0.717, 1.165) is 0 Å². The molecule has 2 aromatic rings. The first-order valence-electron chi connectivity index (χ1n) is 7.13. The van der Waals surface area contributed by atoms with E-state index >= 15 is 0 Å². The molecule has 3 nitrogen and oxygen atoms in total. The van der Waals surface area contributed by atoms with Crippen LogP contribution < -0.4 is 9.47 Å². The lowest BCUT2D eigenvalue weighted by Crippen LogP contribution is -1.97. The number of benzene rings is 2. The van der Waals surface area contributed by atoms with E-state index < -0.39 is 11.6 Å². The summed E-state index contributed by atoms with van der Waals surface area (Å²) < 4.78 is 48.5. The molecule has 0 aliphatic rings. The predicted molar refractivity (Wildman–Crippen MR) is 91.2 cm³/mol. The number of ketones is 1. The largest absolute Gasteiger partial charge is 0.496 e. The Morgan fingerprint density at radius 1 is 1.08 bits per heavy atom. The van der Waals surface area contributed by atoms with Crippen LogP contribution in [0.3, 0.4) is 0 Å². The topological polar surface area (TPSA) is 35.5 Å². The molecule has 0 unspecified atom stereocenters. The Kier molecular flexibility index (Phi) is 6.52. The quantitative estimate of drug-likeness (QED) is 0.389. The normalized spacial score (nSPS) is 11.1. The molecule has 7 heteroatoms. The molecule has 0 aliphatic heterocycles. The third-order valence-corrected chi connectivity index (χ3v) is 4.04. The van der Waals surface area contributed by atoms with E-state index in [4.69, 9.17) is 9.47 Å². The van der Waals surface area contributed by atoms with Gasteiger partial charge in [-0.1, -0.05) is 23.9 Å². The maximum atomic E-state index is 13.6. The number of carbonyl (C=O) groups excluding carboxylic acids is 1. The van der Waals surface area contributed by atoms with Gasteiger partial charge in [0.15, 0.2) is 17.3 Å². The molecule has 2 rings (SSSR count). The highest BCUT2D eigenvalue weighted by Gasteiger charge is 2.13. The summed E-state index contributed by atoms with van der Waals surface area (Å²) >= 11 is 0.344. The van der Waals surface area contributed by atoms with E-state index in [0.29, 0.717) is 17.3 Å². The number of hydrogen-bond acceptors (Lipinski definition) is 4. The zero-order valence-electron chi connectivity index (χ0n) is 13.5. The predicted octanol–water partition coefficient (Wildman–Crippen LogP) is 5.05. The molecule has 0 N–H and O–H groups in total. The molecule has 0 heterocycles. The summed E-state index contributed by atoms with van der Waals surface area (Å²) in [6.07, 6.45) is 2.73. The van der Waals surface area contributed by atoms with Crippen LogP contribution in [-0.4, -0.2) is 25.8 Å². The molecule has 2 aromatic carbocycles. The standard InChI is InChI=1S/C18H15F3O3S/c1-23-15-7-4-11(9-13(15)19)3-6-14(22)12-5-8-17(25-18(20)21)16(10-12)24-2/h3-10,18H,1-2H3/b6-3+. The highest BCUT2D eigenvalue weighted by molar-refractivity contribution is 7.99. The number of halogens is 3. The molecule has 0 amide bonds. The first kappa shape index (κ1) is 18.9. The summed E-state index contributed by atoms with van der Waals surface area (Å²) in [4.78, 5) is 12.5. The van der Waals surface area contributed by atoms with Crippen LogP contribution >= 0.6 is 11.8 Å². The average molecular weight is 368 g/mol. The summed E-state index contributed by atoms with van der Waals surface area (Å²) in [5, 5.41) is 0.